The van der Waals surface area contributed by atoms with Crippen LogP contribution in [0.4, 0.5) is 48.3 Å². The Morgan fingerprint density at radius 3 is 2.11 bits per heavy atom. The van der Waals surface area contributed by atoms with Crippen molar-refractivity contribution >= 4 is 23.2 Å². The molecule has 0 fully saturated rings. The van der Waals surface area contributed by atoms with E-state index in [-0.39, 0.29) is 34.5 Å². The summed E-state index contributed by atoms with van der Waals surface area (Å²) in [6.45, 7) is 0. The van der Waals surface area contributed by atoms with Gasteiger partial charge >= 0.3 is 24.4 Å². The quantitative estimate of drug-likeness (QED) is 0.176. The molecule has 0 spiro atoms. The van der Waals surface area contributed by atoms with Gasteiger partial charge in [-0.3, -0.25) is 4.68 Å². The fourth-order valence-corrected chi connectivity index (χ4v) is 4.07. The molecular weight excluding hydrogens is 594 g/mol. The van der Waals surface area contributed by atoms with Crippen LogP contribution in [0.3, 0.4) is 0 Å². The standard InChI is InChI=1S/C28H20F6N8O2/c1-42-23(8-9-39-42)20-7-4-16(27(29,30)31)11-22(20)41-25(43)40-18-13-37-26(38-14-18)44-19-5-2-15(3-6-19)21-10-17(28(32,33)34)12-36-24(21)35/h2-14H,1H3,(H2,35,36)(H2,40,41,43). The number of urea groups is 1. The van der Waals surface area contributed by atoms with Crippen molar-refractivity contribution in [3.05, 3.63) is 90.5 Å². The number of nitrogens with two attached hydrogens (primary N) is 1. The Kier molecular flexibility index (Phi) is 7.82. The van der Waals surface area contributed by atoms with Crippen LogP contribution in [0, 0.1) is 0 Å². The number of anilines is 3. The van der Waals surface area contributed by atoms with E-state index in [1.807, 2.05) is 0 Å². The Hall–Kier alpha value is -5.67. The Labute approximate surface area is 244 Å². The van der Waals surface area contributed by atoms with Crippen LogP contribution in [0.25, 0.3) is 22.4 Å². The highest BCUT2D eigenvalue weighted by atomic mass is 19.4. The average molecular weight is 615 g/mol. The lowest BCUT2D eigenvalue weighted by molar-refractivity contribution is -0.138. The predicted molar refractivity (Wildman–Crippen MR) is 147 cm³/mol. The van der Waals surface area contributed by atoms with E-state index in [0.29, 0.717) is 23.0 Å². The van der Waals surface area contributed by atoms with Crippen LogP contribution < -0.4 is 21.1 Å². The Bertz CT molecular complexity index is 1800. The Morgan fingerprint density at radius 1 is 0.818 bits per heavy atom. The zero-order valence-electron chi connectivity index (χ0n) is 22.4. The van der Waals surface area contributed by atoms with Crippen molar-refractivity contribution in [2.75, 3.05) is 16.4 Å². The van der Waals surface area contributed by atoms with Gasteiger partial charge in [0.05, 0.1) is 40.6 Å². The first-order valence-corrected chi connectivity index (χ1v) is 12.5. The molecular formula is C28H20F6N8O2. The minimum atomic E-state index is -4.63. The van der Waals surface area contributed by atoms with Crippen LogP contribution in [0.1, 0.15) is 11.1 Å². The molecule has 10 nitrogen and oxygen atoms in total. The summed E-state index contributed by atoms with van der Waals surface area (Å²) in [5.41, 5.74) is 5.11. The lowest BCUT2D eigenvalue weighted by Gasteiger charge is -2.15. The summed E-state index contributed by atoms with van der Waals surface area (Å²) in [6, 6.07) is 10.4. The van der Waals surface area contributed by atoms with Gasteiger partial charge in [-0.05, 0) is 42.0 Å². The number of rotatable bonds is 6. The smallest absolute Gasteiger partial charge is 0.417 e. The summed E-state index contributed by atoms with van der Waals surface area (Å²) in [7, 11) is 1.61. The van der Waals surface area contributed by atoms with Crippen molar-refractivity contribution in [1.82, 2.24) is 24.7 Å². The number of nitrogens with one attached hydrogen (secondary N) is 2. The highest BCUT2D eigenvalue weighted by Crippen LogP contribution is 2.37. The van der Waals surface area contributed by atoms with E-state index < -0.39 is 29.5 Å². The van der Waals surface area contributed by atoms with Gasteiger partial charge in [0.25, 0.3) is 0 Å². The summed E-state index contributed by atoms with van der Waals surface area (Å²) >= 11 is 0. The third-order valence-electron chi connectivity index (χ3n) is 6.20. The normalized spacial score (nSPS) is 11.7. The molecule has 0 saturated heterocycles. The van der Waals surface area contributed by atoms with Gasteiger partial charge in [-0.1, -0.05) is 18.2 Å². The molecule has 5 rings (SSSR count). The molecule has 0 aliphatic rings. The lowest BCUT2D eigenvalue weighted by atomic mass is 10.0. The van der Waals surface area contributed by atoms with Crippen molar-refractivity contribution in [3.63, 3.8) is 0 Å². The molecule has 16 heteroatoms. The first-order chi connectivity index (χ1) is 20.8. The highest BCUT2D eigenvalue weighted by Gasteiger charge is 2.32. The van der Waals surface area contributed by atoms with Crippen molar-refractivity contribution in [2.24, 2.45) is 7.05 Å². The molecule has 5 aromatic rings. The van der Waals surface area contributed by atoms with Crippen molar-refractivity contribution < 1.29 is 35.9 Å². The van der Waals surface area contributed by atoms with Crippen LogP contribution >= 0.6 is 0 Å². The molecule has 2 amide bonds. The number of carbonyl (C=O) groups excluding carboxylic acids is 1. The number of carbonyl (C=O) groups is 1. The first-order valence-electron chi connectivity index (χ1n) is 12.5. The molecule has 44 heavy (non-hydrogen) atoms. The topological polar surface area (TPSA) is 133 Å². The summed E-state index contributed by atoms with van der Waals surface area (Å²) < 4.78 is 86.3. The second-order valence-corrected chi connectivity index (χ2v) is 9.21. The van der Waals surface area contributed by atoms with Crippen LogP contribution in [0.15, 0.2) is 79.4 Å². The van der Waals surface area contributed by atoms with Crippen molar-refractivity contribution in [3.8, 4) is 34.1 Å². The minimum absolute atomic E-state index is 0.0802. The predicted octanol–water partition coefficient (Wildman–Crippen LogP) is 7.00. The van der Waals surface area contributed by atoms with Gasteiger partial charge in [-0.2, -0.15) is 31.4 Å². The van der Waals surface area contributed by atoms with Gasteiger partial charge in [-0.15, -0.1) is 0 Å². The summed E-state index contributed by atoms with van der Waals surface area (Å²) in [5, 5.41) is 8.88. The Balaban J connectivity index is 1.26. The number of pyridine rings is 1. The fourth-order valence-electron chi connectivity index (χ4n) is 4.07. The number of hydrogen-bond acceptors (Lipinski definition) is 7. The number of amides is 2. The number of aryl methyl sites for hydroxylation is 1. The summed E-state index contributed by atoms with van der Waals surface area (Å²) in [6.07, 6.45) is -4.68. The molecule has 2 aromatic carbocycles. The SMILES string of the molecule is Cn1nccc1-c1ccc(C(F)(F)F)cc1NC(=O)Nc1cnc(Oc2ccc(-c3cc(C(F)(F)F)cnc3N)cc2)nc1. The van der Waals surface area contributed by atoms with Crippen LogP contribution in [-0.4, -0.2) is 30.8 Å². The number of aromatic nitrogens is 5. The molecule has 3 heterocycles. The van der Waals surface area contributed by atoms with Gasteiger partial charge in [0.1, 0.15) is 11.6 Å². The number of alkyl halides is 6. The molecule has 3 aromatic heterocycles. The van der Waals surface area contributed by atoms with E-state index >= 15 is 0 Å². The molecule has 0 radical (unpaired) electrons. The van der Waals surface area contributed by atoms with E-state index in [0.717, 1.165) is 18.2 Å². The van der Waals surface area contributed by atoms with Crippen LogP contribution in [-0.2, 0) is 19.4 Å². The van der Waals surface area contributed by atoms with Gasteiger partial charge in [-0.25, -0.2) is 19.7 Å². The molecule has 0 saturated carbocycles. The minimum Gasteiger partial charge on any atom is -0.424 e. The number of nitrogens with zero attached hydrogens (tertiary/aromatic N) is 5. The number of halogens is 6. The number of ether oxygens (including phenoxy) is 1. The highest BCUT2D eigenvalue weighted by molar-refractivity contribution is 6.02. The molecule has 226 valence electrons. The van der Waals surface area contributed by atoms with Gasteiger partial charge in [0, 0.05) is 30.6 Å². The van der Waals surface area contributed by atoms with Crippen LogP contribution in [0.5, 0.6) is 11.8 Å². The molecule has 0 aliphatic carbocycles. The lowest BCUT2D eigenvalue weighted by Crippen LogP contribution is -2.21. The number of nitrogen functional groups attached to an aromatic ring is 1. The fraction of sp³-hybridized carbons (Fsp3) is 0.107. The van der Waals surface area contributed by atoms with E-state index in [1.54, 1.807) is 13.1 Å². The van der Waals surface area contributed by atoms with Gasteiger partial charge in [0.15, 0.2) is 0 Å². The molecule has 4 N–H and O–H groups in total. The van der Waals surface area contributed by atoms with Gasteiger partial charge < -0.3 is 21.1 Å². The van der Waals surface area contributed by atoms with Gasteiger partial charge in [0.2, 0.25) is 0 Å². The van der Waals surface area contributed by atoms with E-state index in [9.17, 15) is 31.1 Å². The van der Waals surface area contributed by atoms with E-state index in [1.165, 1.54) is 53.6 Å². The van der Waals surface area contributed by atoms with Crippen molar-refractivity contribution in [2.45, 2.75) is 12.4 Å². The zero-order valence-corrected chi connectivity index (χ0v) is 22.4. The number of benzene rings is 2. The summed E-state index contributed by atoms with van der Waals surface area (Å²) in [4.78, 5) is 24.3. The Morgan fingerprint density at radius 2 is 1.50 bits per heavy atom. The molecule has 0 bridgehead atoms. The third-order valence-corrected chi connectivity index (χ3v) is 6.20. The summed E-state index contributed by atoms with van der Waals surface area (Å²) in [5.74, 6) is 0.168. The first kappa shape index (κ1) is 29.8. The maximum atomic E-state index is 13.3. The van der Waals surface area contributed by atoms with Crippen LogP contribution in [0.2, 0.25) is 0 Å². The third kappa shape index (κ3) is 6.69. The number of hydrogen-bond donors (Lipinski definition) is 3. The molecule has 0 aliphatic heterocycles. The average Bonchev–Trinajstić information content (AvgIpc) is 3.39. The van der Waals surface area contributed by atoms with E-state index in [4.69, 9.17) is 10.5 Å². The maximum absolute atomic E-state index is 13.3. The second kappa shape index (κ2) is 11.5. The molecule has 0 atom stereocenters. The largest absolute Gasteiger partial charge is 0.424 e. The van der Waals surface area contributed by atoms with E-state index in [2.05, 4.69) is 30.7 Å². The van der Waals surface area contributed by atoms with Crippen molar-refractivity contribution in [1.29, 1.82) is 0 Å². The second-order valence-electron chi connectivity index (χ2n) is 9.21. The monoisotopic (exact) mass is 614 g/mol. The maximum Gasteiger partial charge on any atom is 0.417 e. The molecule has 0 unspecified atom stereocenters. The zero-order chi connectivity index (χ0) is 31.6.